The van der Waals surface area contributed by atoms with E-state index >= 15 is 0 Å². The molecular formula is C20H19ClN2O2S. The van der Waals surface area contributed by atoms with Crippen molar-refractivity contribution in [3.8, 4) is 5.69 Å². The molecule has 3 aromatic rings. The molecule has 4 nitrogen and oxygen atoms in total. The number of rotatable bonds is 4. The number of carbonyl (C=O) groups excluding carboxylic acids is 1. The number of fused-ring (bicyclic) bond motifs is 1. The van der Waals surface area contributed by atoms with Gasteiger partial charge >= 0.3 is 0 Å². The highest BCUT2D eigenvalue weighted by molar-refractivity contribution is 7.99. The highest BCUT2D eigenvalue weighted by Crippen LogP contribution is 2.27. The highest BCUT2D eigenvalue weighted by atomic mass is 35.5. The average molecular weight is 387 g/mol. The Morgan fingerprint density at radius 2 is 1.77 bits per heavy atom. The summed E-state index contributed by atoms with van der Waals surface area (Å²) in [4.78, 5) is 30.1. The van der Waals surface area contributed by atoms with Crippen molar-refractivity contribution in [2.75, 3.05) is 5.75 Å². The molecule has 1 heterocycles. The number of carbonyl (C=O) groups is 1. The minimum Gasteiger partial charge on any atom is -0.298 e. The van der Waals surface area contributed by atoms with Crippen LogP contribution in [0.15, 0.2) is 58.5 Å². The lowest BCUT2D eigenvalue weighted by molar-refractivity contribution is -0.123. The van der Waals surface area contributed by atoms with Crippen LogP contribution >= 0.6 is 23.4 Å². The molecular weight excluding hydrogens is 368 g/mol. The van der Waals surface area contributed by atoms with Crippen LogP contribution in [0.2, 0.25) is 5.02 Å². The van der Waals surface area contributed by atoms with Crippen molar-refractivity contribution < 1.29 is 4.79 Å². The Hall–Kier alpha value is -2.11. The lowest BCUT2D eigenvalue weighted by Crippen LogP contribution is -2.25. The molecule has 0 spiro atoms. The highest BCUT2D eigenvalue weighted by Gasteiger charge is 2.23. The summed E-state index contributed by atoms with van der Waals surface area (Å²) in [5.74, 6) is 0.328. The Morgan fingerprint density at radius 1 is 1.12 bits per heavy atom. The van der Waals surface area contributed by atoms with Crippen LogP contribution in [0.5, 0.6) is 0 Å². The van der Waals surface area contributed by atoms with E-state index in [1.165, 1.54) is 16.3 Å². The Bertz CT molecular complexity index is 1040. The van der Waals surface area contributed by atoms with Crippen LogP contribution < -0.4 is 5.56 Å². The second-order valence-corrected chi connectivity index (χ2v) is 8.32. The van der Waals surface area contributed by atoms with E-state index in [9.17, 15) is 9.59 Å². The number of Topliss-reactive ketones (excluding diaryl/α,β-unsaturated/α-hetero) is 1. The number of benzene rings is 2. The zero-order valence-electron chi connectivity index (χ0n) is 14.8. The van der Waals surface area contributed by atoms with Gasteiger partial charge in [0.25, 0.3) is 5.56 Å². The molecule has 0 saturated heterocycles. The number of hydrogen-bond donors (Lipinski definition) is 0. The number of para-hydroxylation sites is 2. The second kappa shape index (κ2) is 7.25. The van der Waals surface area contributed by atoms with E-state index in [-0.39, 0.29) is 17.1 Å². The first-order chi connectivity index (χ1) is 12.3. The van der Waals surface area contributed by atoms with Crippen molar-refractivity contribution in [3.63, 3.8) is 0 Å². The molecule has 0 radical (unpaired) electrons. The van der Waals surface area contributed by atoms with Crippen molar-refractivity contribution in [1.82, 2.24) is 9.55 Å². The number of hydrogen-bond acceptors (Lipinski definition) is 4. The molecule has 6 heteroatoms. The van der Waals surface area contributed by atoms with E-state index < -0.39 is 5.41 Å². The van der Waals surface area contributed by atoms with Crippen LogP contribution in [0, 0.1) is 5.41 Å². The molecule has 0 atom stereocenters. The fourth-order valence-electron chi connectivity index (χ4n) is 2.40. The summed E-state index contributed by atoms with van der Waals surface area (Å²) < 4.78 is 1.49. The summed E-state index contributed by atoms with van der Waals surface area (Å²) in [7, 11) is 0. The third-order valence-electron chi connectivity index (χ3n) is 4.01. The van der Waals surface area contributed by atoms with Crippen LogP contribution in [0.1, 0.15) is 20.8 Å². The van der Waals surface area contributed by atoms with Gasteiger partial charge in [-0.1, -0.05) is 68.4 Å². The smallest absolute Gasteiger partial charge is 0.266 e. The first kappa shape index (κ1) is 18.7. The Morgan fingerprint density at radius 3 is 2.46 bits per heavy atom. The molecule has 2 aromatic carbocycles. The minimum atomic E-state index is -0.445. The van der Waals surface area contributed by atoms with E-state index in [4.69, 9.17) is 11.6 Å². The summed E-state index contributed by atoms with van der Waals surface area (Å²) >= 11 is 7.58. The van der Waals surface area contributed by atoms with E-state index in [1.54, 1.807) is 36.4 Å². The number of thioether (sulfide) groups is 1. The van der Waals surface area contributed by atoms with Gasteiger partial charge in [-0.15, -0.1) is 0 Å². The largest absolute Gasteiger partial charge is 0.298 e. The maximum atomic E-state index is 13.1. The van der Waals surface area contributed by atoms with Crippen molar-refractivity contribution in [2.24, 2.45) is 5.41 Å². The van der Waals surface area contributed by atoms with Crippen LogP contribution in [-0.4, -0.2) is 21.1 Å². The van der Waals surface area contributed by atoms with Crippen molar-refractivity contribution in [2.45, 2.75) is 25.9 Å². The van der Waals surface area contributed by atoms with Gasteiger partial charge in [0.1, 0.15) is 5.78 Å². The van der Waals surface area contributed by atoms with E-state index in [2.05, 4.69) is 4.98 Å². The van der Waals surface area contributed by atoms with Crippen LogP contribution in [0.4, 0.5) is 0 Å². The van der Waals surface area contributed by atoms with Crippen molar-refractivity contribution >= 4 is 40.0 Å². The zero-order chi connectivity index (χ0) is 18.9. The number of nitrogens with zero attached hydrogens (tertiary/aromatic N) is 2. The van der Waals surface area contributed by atoms with E-state index in [0.717, 1.165) is 0 Å². The van der Waals surface area contributed by atoms with E-state index in [0.29, 0.717) is 26.8 Å². The second-order valence-electron chi connectivity index (χ2n) is 6.97. The Kier molecular flexibility index (Phi) is 5.21. The number of halogens is 1. The predicted molar refractivity (Wildman–Crippen MR) is 108 cm³/mol. The van der Waals surface area contributed by atoms with Crippen LogP contribution in [0.3, 0.4) is 0 Å². The minimum absolute atomic E-state index is 0.0932. The lowest BCUT2D eigenvalue weighted by atomic mass is 9.92. The average Bonchev–Trinajstić information content (AvgIpc) is 2.60. The molecule has 0 aliphatic rings. The van der Waals surface area contributed by atoms with Crippen LogP contribution in [-0.2, 0) is 4.79 Å². The summed E-state index contributed by atoms with van der Waals surface area (Å²) in [5.41, 5.74) is 0.517. The fraction of sp³-hybridized carbons (Fsp3) is 0.250. The summed E-state index contributed by atoms with van der Waals surface area (Å²) in [6.07, 6.45) is 0. The molecule has 134 valence electrons. The van der Waals surface area contributed by atoms with Crippen LogP contribution in [0.25, 0.3) is 16.6 Å². The summed E-state index contributed by atoms with van der Waals surface area (Å²) in [6, 6.07) is 14.3. The van der Waals surface area contributed by atoms with Gasteiger partial charge in [0, 0.05) is 5.41 Å². The predicted octanol–water partition coefficient (Wildman–Crippen LogP) is 4.75. The topological polar surface area (TPSA) is 52.0 Å². The van der Waals surface area contributed by atoms with Gasteiger partial charge in [-0.05, 0) is 24.3 Å². The molecule has 0 aliphatic heterocycles. The SMILES string of the molecule is CC(C)(C)C(=O)CSc1nc2ccccc2c(=O)n1-c1ccccc1Cl. The Labute approximate surface area is 161 Å². The molecule has 1 aromatic heterocycles. The van der Waals surface area contributed by atoms with Gasteiger partial charge < -0.3 is 0 Å². The van der Waals surface area contributed by atoms with Gasteiger partial charge in [0.15, 0.2) is 5.16 Å². The quantitative estimate of drug-likeness (QED) is 0.479. The maximum absolute atomic E-state index is 13.1. The molecule has 0 N–H and O–H groups in total. The molecule has 3 rings (SSSR count). The van der Waals surface area contributed by atoms with Gasteiger partial charge in [-0.2, -0.15) is 0 Å². The molecule has 0 amide bonds. The third-order valence-corrected chi connectivity index (χ3v) is 5.27. The lowest BCUT2D eigenvalue weighted by Gasteiger charge is -2.18. The van der Waals surface area contributed by atoms with Crippen molar-refractivity contribution in [3.05, 3.63) is 63.9 Å². The van der Waals surface area contributed by atoms with Gasteiger partial charge in [0.2, 0.25) is 0 Å². The van der Waals surface area contributed by atoms with Crippen molar-refractivity contribution in [1.29, 1.82) is 0 Å². The molecule has 0 fully saturated rings. The molecule has 0 saturated carbocycles. The first-order valence-electron chi connectivity index (χ1n) is 8.22. The normalized spacial score (nSPS) is 11.7. The first-order valence-corrected chi connectivity index (χ1v) is 9.58. The van der Waals surface area contributed by atoms with Gasteiger partial charge in [-0.3, -0.25) is 14.2 Å². The molecule has 0 bridgehead atoms. The Balaban J connectivity index is 2.17. The number of aromatic nitrogens is 2. The monoisotopic (exact) mass is 386 g/mol. The van der Waals surface area contributed by atoms with Gasteiger partial charge in [-0.25, -0.2) is 4.98 Å². The maximum Gasteiger partial charge on any atom is 0.266 e. The molecule has 0 aliphatic carbocycles. The number of ketones is 1. The summed E-state index contributed by atoms with van der Waals surface area (Å²) in [6.45, 7) is 5.64. The standard InChI is InChI=1S/C20H19ClN2O2S/c1-20(2,3)17(24)12-26-19-22-15-10-6-4-8-13(15)18(25)23(19)16-11-7-5-9-14(16)21/h4-11H,12H2,1-3H3. The third kappa shape index (κ3) is 3.69. The summed E-state index contributed by atoms with van der Waals surface area (Å²) in [5, 5.41) is 1.42. The molecule has 0 unspecified atom stereocenters. The van der Waals surface area contributed by atoms with Gasteiger partial charge in [0.05, 0.1) is 27.4 Å². The zero-order valence-corrected chi connectivity index (χ0v) is 16.4. The fourth-order valence-corrected chi connectivity index (χ4v) is 3.79. The molecule has 26 heavy (non-hydrogen) atoms. The van der Waals surface area contributed by atoms with E-state index in [1.807, 2.05) is 32.9 Å².